The van der Waals surface area contributed by atoms with Gasteiger partial charge in [-0.25, -0.2) is 4.79 Å². The molecular weight excluding hydrogens is 541 g/mol. The maximum absolute atomic E-state index is 13.4. The molecule has 0 amide bonds. The van der Waals surface area contributed by atoms with Gasteiger partial charge >= 0.3 is 5.97 Å². The van der Waals surface area contributed by atoms with Crippen LogP contribution in [0.2, 0.25) is 10.0 Å². The van der Waals surface area contributed by atoms with E-state index >= 15 is 0 Å². The SMILES string of the molecule is COc1ccc(C(=O)O/C(=C\c2c(Cl)cncc2Cl)c2ccc(OC)c(OCC3CC3)c2)cc1OCC1CC1. The Labute approximate surface area is 237 Å². The summed E-state index contributed by atoms with van der Waals surface area (Å²) in [5.41, 5.74) is 1.35. The van der Waals surface area contributed by atoms with Crippen molar-refractivity contribution in [3.8, 4) is 23.0 Å². The summed E-state index contributed by atoms with van der Waals surface area (Å²) in [4.78, 5) is 17.4. The van der Waals surface area contributed by atoms with Crippen LogP contribution in [0.4, 0.5) is 0 Å². The van der Waals surface area contributed by atoms with Gasteiger partial charge in [0.25, 0.3) is 0 Å². The highest BCUT2D eigenvalue weighted by Crippen LogP contribution is 2.37. The normalized spacial score (nSPS) is 15.0. The number of esters is 1. The summed E-state index contributed by atoms with van der Waals surface area (Å²) in [6, 6.07) is 10.3. The minimum atomic E-state index is -0.585. The van der Waals surface area contributed by atoms with Crippen molar-refractivity contribution in [3.05, 3.63) is 75.5 Å². The minimum Gasteiger partial charge on any atom is -0.493 e. The number of hydrogen-bond acceptors (Lipinski definition) is 7. The van der Waals surface area contributed by atoms with Gasteiger partial charge in [-0.15, -0.1) is 0 Å². The van der Waals surface area contributed by atoms with E-state index in [2.05, 4.69) is 4.98 Å². The van der Waals surface area contributed by atoms with Crippen molar-refractivity contribution in [3.63, 3.8) is 0 Å². The van der Waals surface area contributed by atoms with Crippen LogP contribution in [0.25, 0.3) is 11.8 Å². The summed E-state index contributed by atoms with van der Waals surface area (Å²) in [6.07, 6.45) is 9.16. The molecule has 9 heteroatoms. The quantitative estimate of drug-likeness (QED) is 0.167. The summed E-state index contributed by atoms with van der Waals surface area (Å²) in [7, 11) is 3.14. The van der Waals surface area contributed by atoms with Crippen LogP contribution in [0.15, 0.2) is 48.8 Å². The zero-order valence-corrected chi connectivity index (χ0v) is 23.3. The van der Waals surface area contributed by atoms with Crippen LogP contribution in [0.1, 0.15) is 47.2 Å². The van der Waals surface area contributed by atoms with Gasteiger partial charge in [0.05, 0.1) is 43.0 Å². The zero-order chi connectivity index (χ0) is 27.4. The standard InChI is InChI=1S/C30H29Cl2NO6/c1-35-25-9-7-20(11-28(25)37-16-18-3-4-18)27(13-22-23(31)14-33-15-24(22)32)39-30(34)21-8-10-26(36-2)29(12-21)38-17-19-5-6-19/h7-15,18-19H,3-6,16-17H2,1-2H3/b27-13-. The molecule has 2 aliphatic carbocycles. The molecule has 0 radical (unpaired) electrons. The van der Waals surface area contributed by atoms with Crippen LogP contribution < -0.4 is 18.9 Å². The summed E-state index contributed by atoms with van der Waals surface area (Å²) in [5, 5.41) is 0.630. The van der Waals surface area contributed by atoms with E-state index in [0.29, 0.717) is 74.8 Å². The first-order chi connectivity index (χ1) is 18.9. The topological polar surface area (TPSA) is 76.1 Å². The van der Waals surface area contributed by atoms with Gasteiger partial charge in [-0.2, -0.15) is 0 Å². The Morgan fingerprint density at radius 2 is 1.33 bits per heavy atom. The van der Waals surface area contributed by atoms with Gasteiger partial charge in [0.2, 0.25) is 0 Å². The molecule has 1 aromatic heterocycles. The fraction of sp³-hybridized carbons (Fsp3) is 0.333. The number of benzene rings is 2. The average Bonchev–Trinajstić information content (AvgIpc) is 3.87. The molecule has 0 N–H and O–H groups in total. The number of rotatable bonds is 12. The summed E-state index contributed by atoms with van der Waals surface area (Å²) in [5.74, 6) is 2.90. The van der Waals surface area contributed by atoms with Crippen LogP contribution in [-0.4, -0.2) is 38.4 Å². The number of ether oxygens (including phenoxy) is 5. The second-order valence-electron chi connectivity index (χ2n) is 9.65. The number of aromatic nitrogens is 1. The molecule has 2 saturated carbocycles. The van der Waals surface area contributed by atoms with Crippen molar-refractivity contribution in [2.45, 2.75) is 25.7 Å². The molecule has 3 aromatic rings. The predicted molar refractivity (Wildman–Crippen MR) is 150 cm³/mol. The highest BCUT2D eigenvalue weighted by atomic mass is 35.5. The highest BCUT2D eigenvalue weighted by Gasteiger charge is 2.25. The number of carbonyl (C=O) groups excluding carboxylic acids is 1. The van der Waals surface area contributed by atoms with Crippen molar-refractivity contribution in [2.24, 2.45) is 11.8 Å². The van der Waals surface area contributed by atoms with Crippen LogP contribution in [0, 0.1) is 11.8 Å². The van der Waals surface area contributed by atoms with Gasteiger partial charge in [-0.05, 0) is 80.0 Å². The van der Waals surface area contributed by atoms with E-state index in [1.54, 1.807) is 56.7 Å². The van der Waals surface area contributed by atoms with Gasteiger partial charge in [-0.1, -0.05) is 23.2 Å². The number of pyridine rings is 1. The van der Waals surface area contributed by atoms with E-state index in [0.717, 1.165) is 25.7 Å². The van der Waals surface area contributed by atoms with Gasteiger partial charge in [0.15, 0.2) is 23.0 Å². The Kier molecular flexibility index (Phi) is 8.48. The Morgan fingerprint density at radius 3 is 1.85 bits per heavy atom. The lowest BCUT2D eigenvalue weighted by atomic mass is 10.1. The first-order valence-electron chi connectivity index (χ1n) is 12.8. The monoisotopic (exact) mass is 569 g/mol. The Hall–Kier alpha value is -3.42. The number of halogens is 2. The van der Waals surface area contributed by atoms with Gasteiger partial charge in [0, 0.05) is 23.5 Å². The van der Waals surface area contributed by atoms with Gasteiger partial charge in [-0.3, -0.25) is 4.98 Å². The number of nitrogens with zero attached hydrogens (tertiary/aromatic N) is 1. The molecule has 2 aromatic carbocycles. The molecule has 2 fully saturated rings. The highest BCUT2D eigenvalue weighted by molar-refractivity contribution is 6.37. The van der Waals surface area contributed by atoms with Crippen LogP contribution in [0.3, 0.4) is 0 Å². The lowest BCUT2D eigenvalue weighted by Gasteiger charge is -2.16. The van der Waals surface area contributed by atoms with E-state index in [-0.39, 0.29) is 5.76 Å². The summed E-state index contributed by atoms with van der Waals surface area (Å²) < 4.78 is 28.8. The summed E-state index contributed by atoms with van der Waals surface area (Å²) >= 11 is 12.8. The largest absolute Gasteiger partial charge is 0.493 e. The lowest BCUT2D eigenvalue weighted by molar-refractivity contribution is 0.0693. The van der Waals surface area contributed by atoms with E-state index in [1.165, 1.54) is 12.4 Å². The molecule has 0 aliphatic heterocycles. The molecular formula is C30H29Cl2NO6. The van der Waals surface area contributed by atoms with Crippen molar-refractivity contribution in [1.29, 1.82) is 0 Å². The number of carbonyl (C=O) groups is 1. The second kappa shape index (κ2) is 12.2. The first kappa shape index (κ1) is 27.2. The number of methoxy groups -OCH3 is 2. The van der Waals surface area contributed by atoms with E-state index in [4.69, 9.17) is 46.9 Å². The average molecular weight is 570 g/mol. The first-order valence-corrected chi connectivity index (χ1v) is 13.6. The van der Waals surface area contributed by atoms with E-state index in [9.17, 15) is 4.79 Å². The fourth-order valence-corrected chi connectivity index (χ4v) is 4.34. The Bertz CT molecular complexity index is 1360. The molecule has 2 aliphatic rings. The molecule has 204 valence electrons. The zero-order valence-electron chi connectivity index (χ0n) is 21.7. The van der Waals surface area contributed by atoms with Crippen molar-refractivity contribution >= 4 is 41.0 Å². The maximum atomic E-state index is 13.4. The Morgan fingerprint density at radius 1 is 0.821 bits per heavy atom. The molecule has 0 atom stereocenters. The maximum Gasteiger partial charge on any atom is 0.343 e. The van der Waals surface area contributed by atoms with Crippen LogP contribution in [0.5, 0.6) is 23.0 Å². The third-order valence-electron chi connectivity index (χ3n) is 6.56. The van der Waals surface area contributed by atoms with Crippen molar-refractivity contribution < 1.29 is 28.5 Å². The molecule has 0 unspecified atom stereocenters. The fourth-order valence-electron chi connectivity index (χ4n) is 3.86. The third-order valence-corrected chi connectivity index (χ3v) is 7.16. The lowest BCUT2D eigenvalue weighted by Crippen LogP contribution is -2.07. The smallest absolute Gasteiger partial charge is 0.343 e. The van der Waals surface area contributed by atoms with Crippen LogP contribution in [-0.2, 0) is 4.74 Å². The van der Waals surface area contributed by atoms with E-state index < -0.39 is 5.97 Å². The molecule has 0 bridgehead atoms. The molecule has 39 heavy (non-hydrogen) atoms. The molecule has 0 saturated heterocycles. The van der Waals surface area contributed by atoms with Gasteiger partial charge in [0.1, 0.15) is 5.76 Å². The Balaban J connectivity index is 1.48. The molecule has 1 heterocycles. The molecule has 0 spiro atoms. The van der Waals surface area contributed by atoms with Gasteiger partial charge < -0.3 is 23.7 Å². The van der Waals surface area contributed by atoms with Crippen molar-refractivity contribution in [1.82, 2.24) is 4.98 Å². The third kappa shape index (κ3) is 6.97. The number of hydrogen-bond donors (Lipinski definition) is 0. The van der Waals surface area contributed by atoms with E-state index in [1.807, 2.05) is 0 Å². The predicted octanol–water partition coefficient (Wildman–Crippen LogP) is 7.34. The van der Waals surface area contributed by atoms with Crippen LogP contribution >= 0.6 is 23.2 Å². The molecule has 7 nitrogen and oxygen atoms in total. The van der Waals surface area contributed by atoms with Crippen molar-refractivity contribution in [2.75, 3.05) is 27.4 Å². The minimum absolute atomic E-state index is 0.227. The second-order valence-corrected chi connectivity index (χ2v) is 10.5. The molecule has 5 rings (SSSR count). The summed E-state index contributed by atoms with van der Waals surface area (Å²) in [6.45, 7) is 1.17.